The minimum atomic E-state index is -3.18. The van der Waals surface area contributed by atoms with Crippen molar-refractivity contribution in [3.05, 3.63) is 17.8 Å². The molecule has 0 saturated carbocycles. The van der Waals surface area contributed by atoms with E-state index in [1.54, 1.807) is 9.80 Å². The molecule has 0 aliphatic carbocycles. The molecule has 0 spiro atoms. The first-order valence-corrected chi connectivity index (χ1v) is 10.8. The van der Waals surface area contributed by atoms with Crippen LogP contribution in [0.15, 0.2) is 10.7 Å². The van der Waals surface area contributed by atoms with Crippen LogP contribution in [0, 0.1) is 5.92 Å². The van der Waals surface area contributed by atoms with E-state index >= 15 is 8.78 Å². The van der Waals surface area contributed by atoms with Crippen molar-refractivity contribution in [3.8, 4) is 0 Å². The number of urea groups is 1. The van der Waals surface area contributed by atoms with Crippen molar-refractivity contribution in [2.24, 2.45) is 5.92 Å². The first-order chi connectivity index (χ1) is 14.6. The average molecular weight is 440 g/mol. The molecule has 31 heavy (non-hydrogen) atoms. The van der Waals surface area contributed by atoms with Crippen LogP contribution in [0.5, 0.6) is 0 Å². The van der Waals surface area contributed by atoms with Gasteiger partial charge in [-0.15, -0.1) is 0 Å². The third-order valence-electron chi connectivity index (χ3n) is 6.43. The van der Waals surface area contributed by atoms with Gasteiger partial charge in [-0.05, 0) is 19.3 Å². The summed E-state index contributed by atoms with van der Waals surface area (Å²) in [7, 11) is 0. The summed E-state index contributed by atoms with van der Waals surface area (Å²) in [6, 6.07) is -0.394. The SMILES string of the molecule is CC(C)(C)c1coc(C(F)(F)C2CCN(C(=O)N3CC[C@@H]4OCC(=O)N[C@@H]4C3)CC2)n1. The van der Waals surface area contributed by atoms with E-state index in [0.29, 0.717) is 25.2 Å². The standard InChI is InChI=1S/C21H30F2N4O4/c1-20(2,3)16-11-31-18(25-16)21(22,23)13-4-7-26(8-5-13)19(29)27-9-6-15-14(10-27)24-17(28)12-30-15/h11,13-15H,4-10,12H2,1-3H3,(H,24,28)/t14-,15+/m1/s1. The summed E-state index contributed by atoms with van der Waals surface area (Å²) in [6.07, 6.45) is 2.22. The average Bonchev–Trinajstić information content (AvgIpc) is 3.24. The molecule has 0 aromatic carbocycles. The van der Waals surface area contributed by atoms with Crippen LogP contribution in [-0.4, -0.2) is 71.7 Å². The number of carbonyl (C=O) groups is 2. The van der Waals surface area contributed by atoms with Crippen LogP contribution < -0.4 is 5.32 Å². The first kappa shape index (κ1) is 22.0. The van der Waals surface area contributed by atoms with E-state index in [2.05, 4.69) is 10.3 Å². The maximum atomic E-state index is 15.0. The number of hydrogen-bond acceptors (Lipinski definition) is 5. The predicted octanol–water partition coefficient (Wildman–Crippen LogP) is 2.49. The van der Waals surface area contributed by atoms with Crippen molar-refractivity contribution in [3.63, 3.8) is 0 Å². The molecular weight excluding hydrogens is 410 g/mol. The Morgan fingerprint density at radius 3 is 2.48 bits per heavy atom. The van der Waals surface area contributed by atoms with E-state index < -0.39 is 17.7 Å². The lowest BCUT2D eigenvalue weighted by atomic mass is 9.90. The third-order valence-corrected chi connectivity index (χ3v) is 6.43. The largest absolute Gasteiger partial charge is 0.443 e. The number of fused-ring (bicyclic) bond motifs is 1. The van der Waals surface area contributed by atoms with Crippen molar-refractivity contribution >= 4 is 11.9 Å². The van der Waals surface area contributed by atoms with Gasteiger partial charge in [0, 0.05) is 37.5 Å². The fourth-order valence-corrected chi connectivity index (χ4v) is 4.45. The maximum Gasteiger partial charge on any atom is 0.325 e. The number of nitrogens with zero attached hydrogens (tertiary/aromatic N) is 3. The van der Waals surface area contributed by atoms with Crippen LogP contribution in [-0.2, 0) is 20.9 Å². The molecule has 0 unspecified atom stereocenters. The second kappa shape index (κ2) is 8.03. The normalized spacial score (nSPS) is 25.9. The van der Waals surface area contributed by atoms with Crippen LogP contribution in [0.1, 0.15) is 51.6 Å². The highest BCUT2D eigenvalue weighted by Gasteiger charge is 2.48. The van der Waals surface area contributed by atoms with Gasteiger partial charge in [0.15, 0.2) is 0 Å². The van der Waals surface area contributed by atoms with Crippen LogP contribution in [0.2, 0.25) is 0 Å². The molecule has 0 radical (unpaired) electrons. The molecule has 8 nitrogen and oxygen atoms in total. The topological polar surface area (TPSA) is 87.9 Å². The highest BCUT2D eigenvalue weighted by Crippen LogP contribution is 2.42. The number of halogens is 2. The van der Waals surface area contributed by atoms with Gasteiger partial charge >= 0.3 is 12.0 Å². The molecule has 3 saturated heterocycles. The lowest BCUT2D eigenvalue weighted by Gasteiger charge is -2.43. The van der Waals surface area contributed by atoms with E-state index in [9.17, 15) is 9.59 Å². The lowest BCUT2D eigenvalue weighted by molar-refractivity contribution is -0.139. The number of aromatic nitrogens is 1. The number of morpholine rings is 1. The summed E-state index contributed by atoms with van der Waals surface area (Å²) in [6.45, 7) is 7.13. The molecule has 10 heteroatoms. The summed E-state index contributed by atoms with van der Waals surface area (Å²) >= 11 is 0. The number of rotatable bonds is 2. The molecule has 172 valence electrons. The highest BCUT2D eigenvalue weighted by molar-refractivity contribution is 5.79. The van der Waals surface area contributed by atoms with E-state index in [4.69, 9.17) is 9.15 Å². The lowest BCUT2D eigenvalue weighted by Crippen LogP contribution is -2.62. The zero-order chi connectivity index (χ0) is 22.4. The number of likely N-dealkylation sites (tertiary alicyclic amines) is 2. The Morgan fingerprint density at radius 1 is 1.16 bits per heavy atom. The Morgan fingerprint density at radius 2 is 1.84 bits per heavy atom. The Bertz CT molecular complexity index is 830. The van der Waals surface area contributed by atoms with Crippen molar-refractivity contribution in [2.75, 3.05) is 32.8 Å². The fraction of sp³-hybridized carbons (Fsp3) is 0.762. The number of alkyl halides is 2. The minimum Gasteiger partial charge on any atom is -0.443 e. The van der Waals surface area contributed by atoms with Crippen molar-refractivity contribution in [1.29, 1.82) is 0 Å². The molecule has 0 bridgehead atoms. The predicted molar refractivity (Wildman–Crippen MR) is 107 cm³/mol. The first-order valence-electron chi connectivity index (χ1n) is 10.8. The summed E-state index contributed by atoms with van der Waals surface area (Å²) in [4.78, 5) is 31.8. The number of oxazole rings is 1. The summed E-state index contributed by atoms with van der Waals surface area (Å²) in [5.41, 5.74) is 0.126. The smallest absolute Gasteiger partial charge is 0.325 e. The monoisotopic (exact) mass is 440 g/mol. The van der Waals surface area contributed by atoms with E-state index in [-0.39, 0.29) is 62.0 Å². The van der Waals surface area contributed by atoms with Crippen LogP contribution in [0.25, 0.3) is 0 Å². The Hall–Kier alpha value is -2.23. The number of ether oxygens (including phenoxy) is 1. The van der Waals surface area contributed by atoms with Gasteiger partial charge in [-0.3, -0.25) is 4.79 Å². The van der Waals surface area contributed by atoms with Gasteiger partial charge in [0.1, 0.15) is 12.9 Å². The molecule has 4 rings (SSSR count). The fourth-order valence-electron chi connectivity index (χ4n) is 4.45. The summed E-state index contributed by atoms with van der Waals surface area (Å²) in [5, 5.41) is 2.87. The molecule has 3 aliphatic heterocycles. The molecule has 1 aromatic rings. The molecule has 3 aliphatic rings. The Kier molecular flexibility index (Phi) is 5.70. The van der Waals surface area contributed by atoms with E-state index in [0.717, 1.165) is 0 Å². The van der Waals surface area contributed by atoms with Crippen LogP contribution >= 0.6 is 0 Å². The van der Waals surface area contributed by atoms with E-state index in [1.165, 1.54) is 6.26 Å². The van der Waals surface area contributed by atoms with Gasteiger partial charge in [-0.25, -0.2) is 9.78 Å². The van der Waals surface area contributed by atoms with Crippen molar-refractivity contribution in [1.82, 2.24) is 20.1 Å². The zero-order valence-corrected chi connectivity index (χ0v) is 18.2. The maximum absolute atomic E-state index is 15.0. The van der Waals surface area contributed by atoms with Gasteiger partial charge in [-0.1, -0.05) is 20.8 Å². The third kappa shape index (κ3) is 4.40. The van der Waals surface area contributed by atoms with Crippen molar-refractivity contribution in [2.45, 2.75) is 63.5 Å². The van der Waals surface area contributed by atoms with Gasteiger partial charge in [-0.2, -0.15) is 8.78 Å². The van der Waals surface area contributed by atoms with E-state index in [1.807, 2.05) is 20.8 Å². The zero-order valence-electron chi connectivity index (χ0n) is 18.2. The highest BCUT2D eigenvalue weighted by atomic mass is 19.3. The quantitative estimate of drug-likeness (QED) is 0.764. The van der Waals surface area contributed by atoms with Crippen LogP contribution in [0.3, 0.4) is 0 Å². The van der Waals surface area contributed by atoms with Crippen molar-refractivity contribution < 1.29 is 27.5 Å². The number of amides is 3. The molecular formula is C21H30F2N4O4. The number of nitrogens with one attached hydrogen (secondary N) is 1. The molecule has 2 atom stereocenters. The molecule has 3 fully saturated rings. The molecule has 1 aromatic heterocycles. The number of piperidine rings is 2. The second-order valence-electron chi connectivity index (χ2n) is 9.71. The van der Waals surface area contributed by atoms with Gasteiger partial charge in [0.05, 0.1) is 17.8 Å². The Balaban J connectivity index is 1.34. The minimum absolute atomic E-state index is 0.0542. The van der Waals surface area contributed by atoms with Gasteiger partial charge in [0.2, 0.25) is 5.91 Å². The number of carbonyl (C=O) groups excluding carboxylic acids is 2. The van der Waals surface area contributed by atoms with Crippen LogP contribution in [0.4, 0.5) is 13.6 Å². The molecule has 3 amide bonds. The molecule has 1 N–H and O–H groups in total. The summed E-state index contributed by atoms with van der Waals surface area (Å²) in [5.74, 6) is -4.84. The van der Waals surface area contributed by atoms with Gasteiger partial charge < -0.3 is 24.3 Å². The Labute approximate surface area is 180 Å². The number of hydrogen-bond donors (Lipinski definition) is 1. The summed E-state index contributed by atoms with van der Waals surface area (Å²) < 4.78 is 40.7. The second-order valence-corrected chi connectivity index (χ2v) is 9.71. The van der Waals surface area contributed by atoms with Gasteiger partial charge in [0.25, 0.3) is 5.89 Å². The molecule has 4 heterocycles.